The Morgan fingerprint density at radius 3 is 2.42 bits per heavy atom. The fraction of sp³-hybridized carbons (Fsp3) is 0.200. The van der Waals surface area contributed by atoms with Gasteiger partial charge in [-0.3, -0.25) is 0 Å². The Labute approximate surface area is 79.9 Å². The molecule has 0 radical (unpaired) electrons. The van der Waals surface area contributed by atoms with Crippen molar-refractivity contribution in [3.05, 3.63) is 42.5 Å². The molecule has 2 heteroatoms. The summed E-state index contributed by atoms with van der Waals surface area (Å²) in [5.74, 6) is 0. The molecule has 1 rings (SSSR count). The van der Waals surface area contributed by atoms with E-state index in [9.17, 15) is 0 Å². The van der Waals surface area contributed by atoms with Crippen molar-refractivity contribution in [1.82, 2.24) is 0 Å². The van der Waals surface area contributed by atoms with Gasteiger partial charge in [-0.2, -0.15) is 0 Å². The number of hydrogen-bond donors (Lipinski definition) is 1. The first kappa shape index (κ1) is 11.1. The van der Waals surface area contributed by atoms with Gasteiger partial charge in [-0.1, -0.05) is 23.8 Å². The van der Waals surface area contributed by atoms with E-state index in [0.29, 0.717) is 0 Å². The Morgan fingerprint density at radius 2 is 1.92 bits per heavy atom. The molecule has 0 saturated heterocycles. The summed E-state index contributed by atoms with van der Waals surface area (Å²) < 4.78 is 0. The molecule has 1 N–H and O–H groups in total. The van der Waals surface area contributed by atoms with Gasteiger partial charge in [-0.05, 0) is 19.1 Å². The summed E-state index contributed by atoms with van der Waals surface area (Å²) >= 11 is 0. The smallest absolute Gasteiger partial charge is 0.0342 e. The number of halogens is 1. The van der Waals surface area contributed by atoms with E-state index in [4.69, 9.17) is 0 Å². The Hall–Kier alpha value is -0.950. The quantitative estimate of drug-likeness (QED) is 0.711. The van der Waals surface area contributed by atoms with Crippen LogP contribution in [-0.2, 0) is 0 Å². The second-order valence-corrected chi connectivity index (χ2v) is 2.54. The van der Waals surface area contributed by atoms with Crippen LogP contribution >= 0.6 is 12.4 Å². The van der Waals surface area contributed by atoms with E-state index in [-0.39, 0.29) is 12.4 Å². The van der Waals surface area contributed by atoms with E-state index in [0.717, 1.165) is 12.2 Å². The molecule has 66 valence electrons. The first-order valence-corrected chi connectivity index (χ1v) is 3.74. The van der Waals surface area contributed by atoms with Crippen molar-refractivity contribution in [3.8, 4) is 0 Å². The molecule has 0 bridgehead atoms. The van der Waals surface area contributed by atoms with Gasteiger partial charge < -0.3 is 5.32 Å². The fourth-order valence-electron chi connectivity index (χ4n) is 0.861. The van der Waals surface area contributed by atoms with Crippen LogP contribution in [0.15, 0.2) is 36.9 Å². The second-order valence-electron chi connectivity index (χ2n) is 2.54. The van der Waals surface area contributed by atoms with Crippen LogP contribution < -0.4 is 5.32 Å². The SMILES string of the molecule is C=CCNc1ccc(C)cc1.Cl. The summed E-state index contributed by atoms with van der Waals surface area (Å²) in [5, 5.41) is 3.20. The van der Waals surface area contributed by atoms with Crippen LogP contribution in [0.3, 0.4) is 0 Å². The lowest BCUT2D eigenvalue weighted by Crippen LogP contribution is -1.96. The van der Waals surface area contributed by atoms with Gasteiger partial charge in [-0.15, -0.1) is 19.0 Å². The predicted octanol–water partition coefficient (Wildman–Crippen LogP) is 3.01. The van der Waals surface area contributed by atoms with Crippen LogP contribution in [0.5, 0.6) is 0 Å². The summed E-state index contributed by atoms with van der Waals surface area (Å²) in [4.78, 5) is 0. The van der Waals surface area contributed by atoms with Crippen molar-refractivity contribution in [2.24, 2.45) is 0 Å². The standard InChI is InChI=1S/C10H13N.ClH/c1-3-8-11-10-6-4-9(2)5-7-10;/h3-7,11H,1,8H2,2H3;1H. The van der Waals surface area contributed by atoms with Crippen molar-refractivity contribution >= 4 is 18.1 Å². The molecule has 0 aliphatic heterocycles. The molecular formula is C10H14ClN. The van der Waals surface area contributed by atoms with Crippen molar-refractivity contribution in [2.45, 2.75) is 6.92 Å². The summed E-state index contributed by atoms with van der Waals surface area (Å²) in [7, 11) is 0. The molecule has 0 saturated carbocycles. The van der Waals surface area contributed by atoms with E-state index in [1.807, 2.05) is 6.08 Å². The Balaban J connectivity index is 0.00000121. The molecule has 0 spiro atoms. The third kappa shape index (κ3) is 3.44. The fourth-order valence-corrected chi connectivity index (χ4v) is 0.861. The maximum Gasteiger partial charge on any atom is 0.0342 e. The maximum absolute atomic E-state index is 3.63. The van der Waals surface area contributed by atoms with Crippen molar-refractivity contribution < 1.29 is 0 Å². The van der Waals surface area contributed by atoms with Gasteiger partial charge in [-0.25, -0.2) is 0 Å². The Bertz CT molecular complexity index is 228. The highest BCUT2D eigenvalue weighted by Crippen LogP contribution is 2.07. The molecular weight excluding hydrogens is 170 g/mol. The Morgan fingerprint density at radius 1 is 1.33 bits per heavy atom. The Kier molecular flexibility index (Phi) is 5.22. The van der Waals surface area contributed by atoms with E-state index in [1.165, 1.54) is 5.56 Å². The average Bonchev–Trinajstić information content (AvgIpc) is 2.04. The van der Waals surface area contributed by atoms with Gasteiger partial charge in [0.25, 0.3) is 0 Å². The summed E-state index contributed by atoms with van der Waals surface area (Å²) in [5.41, 5.74) is 2.43. The monoisotopic (exact) mass is 183 g/mol. The van der Waals surface area contributed by atoms with Crippen LogP contribution in [0.4, 0.5) is 5.69 Å². The van der Waals surface area contributed by atoms with Crippen LogP contribution in [0.1, 0.15) is 5.56 Å². The summed E-state index contributed by atoms with van der Waals surface area (Å²) in [6.07, 6.45) is 1.85. The molecule has 0 aliphatic rings. The third-order valence-corrected chi connectivity index (χ3v) is 1.50. The summed E-state index contributed by atoms with van der Waals surface area (Å²) in [6.45, 7) is 6.53. The van der Waals surface area contributed by atoms with Crippen molar-refractivity contribution in [1.29, 1.82) is 0 Å². The van der Waals surface area contributed by atoms with Crippen molar-refractivity contribution in [2.75, 3.05) is 11.9 Å². The molecule has 0 aliphatic carbocycles. The number of aryl methyl sites for hydroxylation is 1. The minimum atomic E-state index is 0. The normalized spacial score (nSPS) is 8.42. The van der Waals surface area contributed by atoms with Crippen LogP contribution in [-0.4, -0.2) is 6.54 Å². The van der Waals surface area contributed by atoms with Crippen LogP contribution in [0.25, 0.3) is 0 Å². The number of hydrogen-bond acceptors (Lipinski definition) is 1. The molecule has 1 aromatic rings. The lowest BCUT2D eigenvalue weighted by Gasteiger charge is -2.02. The van der Waals surface area contributed by atoms with E-state index in [2.05, 4.69) is 43.1 Å². The third-order valence-electron chi connectivity index (χ3n) is 1.50. The second kappa shape index (κ2) is 5.67. The molecule has 12 heavy (non-hydrogen) atoms. The lowest BCUT2D eigenvalue weighted by atomic mass is 10.2. The number of benzene rings is 1. The molecule has 0 fully saturated rings. The number of nitrogens with one attached hydrogen (secondary N) is 1. The molecule has 1 aromatic carbocycles. The lowest BCUT2D eigenvalue weighted by molar-refractivity contribution is 1.33. The van der Waals surface area contributed by atoms with Gasteiger partial charge in [0.15, 0.2) is 0 Å². The molecule has 0 heterocycles. The zero-order valence-corrected chi connectivity index (χ0v) is 8.03. The predicted molar refractivity (Wildman–Crippen MR) is 57.1 cm³/mol. The number of rotatable bonds is 3. The first-order valence-electron chi connectivity index (χ1n) is 3.74. The highest BCUT2D eigenvalue weighted by Gasteiger charge is 1.86. The highest BCUT2D eigenvalue weighted by molar-refractivity contribution is 5.85. The van der Waals surface area contributed by atoms with Crippen LogP contribution in [0.2, 0.25) is 0 Å². The van der Waals surface area contributed by atoms with E-state index >= 15 is 0 Å². The first-order chi connectivity index (χ1) is 5.33. The molecule has 0 atom stereocenters. The minimum absolute atomic E-state index is 0. The minimum Gasteiger partial charge on any atom is -0.382 e. The van der Waals surface area contributed by atoms with Gasteiger partial charge in [0.1, 0.15) is 0 Å². The van der Waals surface area contributed by atoms with Gasteiger partial charge in [0.05, 0.1) is 0 Å². The summed E-state index contributed by atoms with van der Waals surface area (Å²) in [6, 6.07) is 8.31. The molecule has 0 aromatic heterocycles. The zero-order valence-electron chi connectivity index (χ0n) is 7.21. The largest absolute Gasteiger partial charge is 0.382 e. The van der Waals surface area contributed by atoms with Gasteiger partial charge in [0.2, 0.25) is 0 Å². The topological polar surface area (TPSA) is 12.0 Å². The highest BCUT2D eigenvalue weighted by atomic mass is 35.5. The molecule has 0 unspecified atom stereocenters. The molecule has 1 nitrogen and oxygen atoms in total. The average molecular weight is 184 g/mol. The van der Waals surface area contributed by atoms with Gasteiger partial charge >= 0.3 is 0 Å². The van der Waals surface area contributed by atoms with E-state index < -0.39 is 0 Å². The zero-order chi connectivity index (χ0) is 8.10. The number of anilines is 1. The van der Waals surface area contributed by atoms with Crippen LogP contribution in [0, 0.1) is 6.92 Å². The maximum atomic E-state index is 3.63. The van der Waals surface area contributed by atoms with E-state index in [1.54, 1.807) is 0 Å². The molecule has 0 amide bonds. The van der Waals surface area contributed by atoms with Gasteiger partial charge in [0, 0.05) is 12.2 Å². The van der Waals surface area contributed by atoms with Crippen molar-refractivity contribution in [3.63, 3.8) is 0 Å².